The summed E-state index contributed by atoms with van der Waals surface area (Å²) in [5.74, 6) is 0.509. The van der Waals surface area contributed by atoms with Crippen LogP contribution in [0.5, 0.6) is 0 Å². The van der Waals surface area contributed by atoms with Crippen molar-refractivity contribution in [3.05, 3.63) is 35.9 Å². The maximum absolute atomic E-state index is 12.1. The van der Waals surface area contributed by atoms with E-state index in [-0.39, 0.29) is 12.2 Å². The molecule has 0 saturated carbocycles. The van der Waals surface area contributed by atoms with E-state index in [9.17, 15) is 9.90 Å². The number of amides is 1. The molecule has 0 bridgehead atoms. The van der Waals surface area contributed by atoms with Gasteiger partial charge in [0, 0.05) is 20.1 Å². The summed E-state index contributed by atoms with van der Waals surface area (Å²) in [6.07, 6.45) is 1.58. The van der Waals surface area contributed by atoms with Gasteiger partial charge in [-0.05, 0) is 44.3 Å². The zero-order valence-electron chi connectivity index (χ0n) is 14.1. The van der Waals surface area contributed by atoms with Crippen molar-refractivity contribution in [2.45, 2.75) is 32.5 Å². The smallest absolute Gasteiger partial charge is 0.409 e. The van der Waals surface area contributed by atoms with Gasteiger partial charge >= 0.3 is 6.09 Å². The van der Waals surface area contributed by atoms with Gasteiger partial charge in [0.1, 0.15) is 6.61 Å². The molecule has 128 valence electrons. The molecule has 1 aliphatic rings. The fourth-order valence-corrected chi connectivity index (χ4v) is 3.02. The lowest BCUT2D eigenvalue weighted by atomic mass is 9.96. The minimum atomic E-state index is -0.276. The highest BCUT2D eigenvalue weighted by atomic mass is 16.6. The van der Waals surface area contributed by atoms with Crippen molar-refractivity contribution in [3.8, 4) is 0 Å². The van der Waals surface area contributed by atoms with Crippen LogP contribution in [-0.2, 0) is 11.3 Å². The molecule has 1 fully saturated rings. The van der Waals surface area contributed by atoms with Gasteiger partial charge in [-0.1, -0.05) is 30.3 Å². The number of aliphatic hydroxyl groups is 1. The Morgan fingerprint density at radius 3 is 2.61 bits per heavy atom. The molecule has 1 aliphatic heterocycles. The number of carbonyl (C=O) groups excluding carboxylic acids is 1. The molecule has 0 aromatic heterocycles. The first-order chi connectivity index (χ1) is 11.0. The molecule has 1 saturated heterocycles. The van der Waals surface area contributed by atoms with Crippen LogP contribution in [0.15, 0.2) is 30.3 Å². The van der Waals surface area contributed by atoms with Gasteiger partial charge in [-0.15, -0.1) is 0 Å². The van der Waals surface area contributed by atoms with Crippen LogP contribution >= 0.6 is 0 Å². The van der Waals surface area contributed by atoms with Crippen molar-refractivity contribution in [3.63, 3.8) is 0 Å². The number of hydrogen-bond acceptors (Lipinski definition) is 4. The fourth-order valence-electron chi connectivity index (χ4n) is 3.02. The third kappa shape index (κ3) is 6.20. The number of hydrogen-bond donors (Lipinski definition) is 1. The van der Waals surface area contributed by atoms with Gasteiger partial charge in [0.05, 0.1) is 6.10 Å². The van der Waals surface area contributed by atoms with Crippen LogP contribution in [0.2, 0.25) is 0 Å². The van der Waals surface area contributed by atoms with Crippen molar-refractivity contribution in [2.75, 3.05) is 33.2 Å². The zero-order chi connectivity index (χ0) is 16.7. The average molecular weight is 320 g/mol. The highest BCUT2D eigenvalue weighted by Crippen LogP contribution is 2.18. The molecule has 1 aromatic carbocycles. The van der Waals surface area contributed by atoms with E-state index in [2.05, 4.69) is 4.90 Å². The van der Waals surface area contributed by atoms with Crippen LogP contribution in [0.4, 0.5) is 4.79 Å². The van der Waals surface area contributed by atoms with Gasteiger partial charge in [0.2, 0.25) is 0 Å². The number of likely N-dealkylation sites (tertiary alicyclic amines) is 1. The molecule has 1 unspecified atom stereocenters. The summed E-state index contributed by atoms with van der Waals surface area (Å²) in [5, 5.41) is 9.43. The maximum atomic E-state index is 12.1. The Hall–Kier alpha value is -1.59. The molecular formula is C18H28N2O3. The molecule has 23 heavy (non-hydrogen) atoms. The van der Waals surface area contributed by atoms with Crippen LogP contribution in [0.25, 0.3) is 0 Å². The Balaban J connectivity index is 1.68. The SMILES string of the molecule is CC(O)CN1CCC(CN(C)C(=O)OCc2ccccc2)CC1. The zero-order valence-corrected chi connectivity index (χ0v) is 14.1. The maximum Gasteiger partial charge on any atom is 0.409 e. The normalized spacial score (nSPS) is 17.7. The molecule has 1 atom stereocenters. The van der Waals surface area contributed by atoms with Crippen molar-refractivity contribution >= 4 is 6.09 Å². The predicted octanol–water partition coefficient (Wildman–Crippen LogP) is 2.35. The van der Waals surface area contributed by atoms with Crippen LogP contribution in [-0.4, -0.2) is 60.3 Å². The predicted molar refractivity (Wildman–Crippen MR) is 90.1 cm³/mol. The number of aliphatic hydroxyl groups excluding tert-OH is 1. The van der Waals surface area contributed by atoms with E-state index in [0.717, 1.165) is 44.6 Å². The summed E-state index contributed by atoms with van der Waals surface area (Å²) in [7, 11) is 1.80. The monoisotopic (exact) mass is 320 g/mol. The highest BCUT2D eigenvalue weighted by Gasteiger charge is 2.23. The van der Waals surface area contributed by atoms with Gasteiger partial charge in [0.15, 0.2) is 0 Å². The van der Waals surface area contributed by atoms with E-state index in [1.54, 1.807) is 11.9 Å². The molecule has 0 spiro atoms. The Morgan fingerprint density at radius 1 is 1.35 bits per heavy atom. The minimum Gasteiger partial charge on any atom is -0.445 e. The standard InChI is InChI=1S/C18H28N2O3/c1-15(21)12-20-10-8-16(9-11-20)13-19(2)18(22)23-14-17-6-4-3-5-7-17/h3-7,15-16,21H,8-14H2,1-2H3. The fraction of sp³-hybridized carbons (Fsp3) is 0.611. The first-order valence-corrected chi connectivity index (χ1v) is 8.37. The lowest BCUT2D eigenvalue weighted by molar-refractivity contribution is 0.0790. The summed E-state index contributed by atoms with van der Waals surface area (Å²) in [4.78, 5) is 16.0. The second kappa shape index (κ2) is 8.89. The number of β-amino-alcohol motifs (C(OH)–C–C–N with tert-alkyl or cyclic N) is 1. The molecule has 5 nitrogen and oxygen atoms in total. The Morgan fingerprint density at radius 2 is 2.00 bits per heavy atom. The van der Waals surface area contributed by atoms with Gasteiger partial charge in [-0.25, -0.2) is 4.79 Å². The number of rotatable bonds is 6. The first kappa shape index (κ1) is 17.8. The second-order valence-electron chi connectivity index (χ2n) is 6.51. The van der Waals surface area contributed by atoms with Gasteiger partial charge in [0.25, 0.3) is 0 Å². The molecule has 5 heteroatoms. The molecule has 1 aromatic rings. The van der Waals surface area contributed by atoms with Crippen molar-refractivity contribution in [1.82, 2.24) is 9.80 Å². The van der Waals surface area contributed by atoms with Crippen molar-refractivity contribution in [2.24, 2.45) is 5.92 Å². The molecule has 1 N–H and O–H groups in total. The van der Waals surface area contributed by atoms with Gasteiger partial charge in [-0.2, -0.15) is 0 Å². The topological polar surface area (TPSA) is 53.0 Å². The van der Waals surface area contributed by atoms with Crippen LogP contribution in [0, 0.1) is 5.92 Å². The van der Waals surface area contributed by atoms with E-state index in [0.29, 0.717) is 12.5 Å². The number of nitrogens with zero attached hydrogens (tertiary/aromatic N) is 2. The quantitative estimate of drug-likeness (QED) is 0.874. The highest BCUT2D eigenvalue weighted by molar-refractivity contribution is 5.67. The van der Waals surface area contributed by atoms with Gasteiger partial charge < -0.3 is 19.6 Å². The number of ether oxygens (including phenoxy) is 1. The lowest BCUT2D eigenvalue weighted by Gasteiger charge is -2.34. The first-order valence-electron chi connectivity index (χ1n) is 8.37. The number of carbonyl (C=O) groups is 1. The second-order valence-corrected chi connectivity index (χ2v) is 6.51. The van der Waals surface area contributed by atoms with E-state index in [1.165, 1.54) is 0 Å². The van der Waals surface area contributed by atoms with E-state index in [1.807, 2.05) is 37.3 Å². The third-order valence-electron chi connectivity index (χ3n) is 4.28. The van der Waals surface area contributed by atoms with E-state index in [4.69, 9.17) is 4.74 Å². The third-order valence-corrected chi connectivity index (χ3v) is 4.28. The molecular weight excluding hydrogens is 292 g/mol. The number of piperidine rings is 1. The van der Waals surface area contributed by atoms with E-state index < -0.39 is 0 Å². The summed E-state index contributed by atoms with van der Waals surface area (Å²) < 4.78 is 5.35. The minimum absolute atomic E-state index is 0.264. The van der Waals surface area contributed by atoms with Gasteiger partial charge in [-0.3, -0.25) is 0 Å². The van der Waals surface area contributed by atoms with Crippen molar-refractivity contribution in [1.29, 1.82) is 0 Å². The summed E-state index contributed by atoms with van der Waals surface area (Å²) in [5.41, 5.74) is 1.00. The van der Waals surface area contributed by atoms with Crippen molar-refractivity contribution < 1.29 is 14.6 Å². The summed E-state index contributed by atoms with van der Waals surface area (Å²) in [6.45, 7) is 5.59. The molecule has 0 radical (unpaired) electrons. The van der Waals surface area contributed by atoms with Crippen LogP contribution in [0.3, 0.4) is 0 Å². The van der Waals surface area contributed by atoms with Crippen LogP contribution < -0.4 is 0 Å². The average Bonchev–Trinajstić information content (AvgIpc) is 2.55. The number of benzene rings is 1. The molecule has 1 heterocycles. The molecule has 0 aliphatic carbocycles. The largest absolute Gasteiger partial charge is 0.445 e. The van der Waals surface area contributed by atoms with Crippen LogP contribution in [0.1, 0.15) is 25.3 Å². The Kier molecular flexibility index (Phi) is 6.86. The summed E-state index contributed by atoms with van der Waals surface area (Å²) >= 11 is 0. The van der Waals surface area contributed by atoms with E-state index >= 15 is 0 Å². The summed E-state index contributed by atoms with van der Waals surface area (Å²) in [6, 6.07) is 9.72. The molecule has 2 rings (SSSR count). The Bertz CT molecular complexity index is 470. The molecule has 1 amide bonds. The Labute approximate surface area is 138 Å². The lowest BCUT2D eigenvalue weighted by Crippen LogP contribution is -2.41.